The molecule has 4 fully saturated rings. The third-order valence-electron chi connectivity index (χ3n) is 9.88. The van der Waals surface area contributed by atoms with E-state index in [0.29, 0.717) is 0 Å². The van der Waals surface area contributed by atoms with Gasteiger partial charge in [0.25, 0.3) is 0 Å². The number of hydrogen-bond donors (Lipinski definition) is 17. The largest absolute Gasteiger partial charge is 0.472 e. The first-order valence-electron chi connectivity index (χ1n) is 18.2. The van der Waals surface area contributed by atoms with Crippen molar-refractivity contribution in [3.8, 4) is 0 Å². The molecule has 1 amide bonds. The number of carbonyl (C=O) groups excluding carboxylic acids is 1. The van der Waals surface area contributed by atoms with Gasteiger partial charge in [0.1, 0.15) is 110 Å². The number of amides is 1. The Morgan fingerprint density at radius 1 is 0.678 bits per heavy atom. The second-order valence-corrected chi connectivity index (χ2v) is 15.4. The van der Waals surface area contributed by atoms with E-state index in [1.54, 1.807) is 0 Å². The van der Waals surface area contributed by atoms with Crippen molar-refractivity contribution in [1.29, 1.82) is 0 Å². The molecule has 4 rings (SSSR count). The van der Waals surface area contributed by atoms with Crippen molar-refractivity contribution in [3.63, 3.8) is 0 Å². The molecule has 28 nitrogen and oxygen atoms in total. The maximum Gasteiger partial charge on any atom is 0.472 e. The monoisotopic (exact) mass is 890 g/mol. The lowest BCUT2D eigenvalue weighted by Crippen LogP contribution is -2.70. The molecule has 29 heteroatoms. The Morgan fingerprint density at radius 2 is 1.25 bits per heavy atom. The molecule has 0 radical (unpaired) electrons. The summed E-state index contributed by atoms with van der Waals surface area (Å²) in [5.74, 6) is -0.816. The highest BCUT2D eigenvalue weighted by atomic mass is 31.2. The Kier molecular flexibility index (Phi) is 18.7. The van der Waals surface area contributed by atoms with E-state index in [9.17, 15) is 85.7 Å². The summed E-state index contributed by atoms with van der Waals surface area (Å²) in [5.41, 5.74) is 5.30. The minimum Gasteiger partial charge on any atom is -0.394 e. The Morgan fingerprint density at radius 3 is 1.81 bits per heavy atom. The van der Waals surface area contributed by atoms with Crippen molar-refractivity contribution in [2.24, 2.45) is 5.73 Å². The van der Waals surface area contributed by atoms with Crippen LogP contribution in [0.4, 0.5) is 0 Å². The van der Waals surface area contributed by atoms with Gasteiger partial charge in [0.05, 0.1) is 33.0 Å². The number of rotatable bonds is 18. The van der Waals surface area contributed by atoms with E-state index in [4.69, 9.17) is 43.4 Å². The number of nitrogens with one attached hydrogen (secondary N) is 1. The molecule has 4 heterocycles. The second-order valence-electron chi connectivity index (χ2n) is 14.0. The van der Waals surface area contributed by atoms with Crippen LogP contribution in [0.5, 0.6) is 0 Å². The average molecular weight is 891 g/mol. The van der Waals surface area contributed by atoms with Crippen LogP contribution in [-0.4, -0.2) is 257 Å². The van der Waals surface area contributed by atoms with Gasteiger partial charge in [0.15, 0.2) is 25.2 Å². The maximum absolute atomic E-state index is 12.6. The molecule has 0 bridgehead atoms. The zero-order valence-corrected chi connectivity index (χ0v) is 32.1. The van der Waals surface area contributed by atoms with Gasteiger partial charge in [-0.05, 0) is 0 Å². The molecule has 23 atom stereocenters. The van der Waals surface area contributed by atoms with E-state index in [0.717, 1.165) is 6.92 Å². The summed E-state index contributed by atoms with van der Waals surface area (Å²) >= 11 is 0. The lowest BCUT2D eigenvalue weighted by molar-refractivity contribution is -0.400. The maximum atomic E-state index is 12.6. The van der Waals surface area contributed by atoms with Crippen LogP contribution in [0.25, 0.3) is 0 Å². The van der Waals surface area contributed by atoms with E-state index >= 15 is 0 Å². The topological polar surface area (TPSA) is 459 Å². The molecular formula is C30H55N2O26P. The van der Waals surface area contributed by atoms with Crippen molar-refractivity contribution < 1.29 is 128 Å². The van der Waals surface area contributed by atoms with Crippen molar-refractivity contribution in [1.82, 2.24) is 5.32 Å². The van der Waals surface area contributed by atoms with E-state index in [1.807, 2.05) is 0 Å². The highest BCUT2D eigenvalue weighted by Crippen LogP contribution is 2.46. The molecule has 0 aromatic carbocycles. The number of phosphoric acid groups is 1. The number of ether oxygens (including phenoxy) is 7. The van der Waals surface area contributed by atoms with Crippen molar-refractivity contribution in [3.05, 3.63) is 0 Å². The third-order valence-corrected chi connectivity index (χ3v) is 10.9. The van der Waals surface area contributed by atoms with Gasteiger partial charge in [-0.15, -0.1) is 0 Å². The number of carbonyl (C=O) groups is 1. The van der Waals surface area contributed by atoms with Crippen LogP contribution < -0.4 is 11.1 Å². The highest BCUT2D eigenvalue weighted by Gasteiger charge is 2.58. The normalized spacial score (nSPS) is 45.3. The third kappa shape index (κ3) is 11.6. The van der Waals surface area contributed by atoms with Gasteiger partial charge in [-0.2, -0.15) is 0 Å². The smallest absolute Gasteiger partial charge is 0.394 e. The summed E-state index contributed by atoms with van der Waals surface area (Å²) in [6, 6.07) is -1.71. The molecule has 1 unspecified atom stereocenters. The molecule has 4 aliphatic heterocycles. The predicted octanol–water partition coefficient (Wildman–Crippen LogP) is -10.8. The predicted molar refractivity (Wildman–Crippen MR) is 181 cm³/mol. The van der Waals surface area contributed by atoms with Crippen molar-refractivity contribution >= 4 is 13.7 Å². The number of aliphatic hydroxyl groups is 14. The Labute approximate surface area is 334 Å². The molecule has 0 aromatic heterocycles. The minimum absolute atomic E-state index is 0.267. The Bertz CT molecular complexity index is 1360. The molecule has 0 aliphatic carbocycles. The Hall–Kier alpha value is -1.30. The summed E-state index contributed by atoms with van der Waals surface area (Å²) in [6.07, 6.45) is -43.4. The van der Waals surface area contributed by atoms with Crippen LogP contribution >= 0.6 is 7.82 Å². The minimum atomic E-state index is -5.11. The molecular weight excluding hydrogens is 835 g/mol. The molecule has 18 N–H and O–H groups in total. The summed E-state index contributed by atoms with van der Waals surface area (Å²) in [5, 5.41) is 150. The van der Waals surface area contributed by atoms with Gasteiger partial charge in [-0.1, -0.05) is 0 Å². The van der Waals surface area contributed by atoms with Gasteiger partial charge in [-0.25, -0.2) is 4.57 Å². The van der Waals surface area contributed by atoms with Gasteiger partial charge < -0.3 is 121 Å². The van der Waals surface area contributed by atoms with Gasteiger partial charge in [-0.3, -0.25) is 13.8 Å². The fourth-order valence-electron chi connectivity index (χ4n) is 6.81. The second kappa shape index (κ2) is 21.9. The fourth-order valence-corrected chi connectivity index (χ4v) is 7.74. The van der Waals surface area contributed by atoms with Crippen LogP contribution in [0.3, 0.4) is 0 Å². The van der Waals surface area contributed by atoms with Crippen molar-refractivity contribution in [2.45, 2.75) is 142 Å². The van der Waals surface area contributed by atoms with Crippen LogP contribution in [0.2, 0.25) is 0 Å². The summed E-state index contributed by atoms with van der Waals surface area (Å²) in [4.78, 5) is 22.3. The lowest BCUT2D eigenvalue weighted by Gasteiger charge is -2.51. The summed E-state index contributed by atoms with van der Waals surface area (Å²) < 4.78 is 62.0. The quantitative estimate of drug-likeness (QED) is 0.0568. The van der Waals surface area contributed by atoms with Gasteiger partial charge in [0.2, 0.25) is 5.91 Å². The van der Waals surface area contributed by atoms with E-state index in [2.05, 4.69) is 9.84 Å². The van der Waals surface area contributed by atoms with Crippen LogP contribution in [-0.2, 0) is 51.6 Å². The van der Waals surface area contributed by atoms with Crippen LogP contribution in [0, 0.1) is 0 Å². The number of phosphoric ester groups is 1. The van der Waals surface area contributed by atoms with Crippen molar-refractivity contribution in [2.75, 3.05) is 39.6 Å². The number of hydrogen-bond acceptors (Lipinski definition) is 26. The standard InChI is InChI=1S/C30H55N2O26P/c1-8(37)32-13-16(41)14(39)10(5-34)51-28(13)56-25-19(44)18(43)23(12(7-36)58-59(48,49)50-3-2-31)54-30(25)55-24-21(46)27(47)53-22(9(38)4-33)26(24)57-29-20(45)17(42)15(40)11(6-35)52-29/h9-30,33-36,38-47H,2-7,31H2,1H3,(H,32,37)(H,48,49)/t9-,10+,11+,12-,13+,14+,15+,16+,17-,18-,19-,20+,21-,22+,23+,24+,25-,26+,27-,28+,29-,30+/m0/s1. The lowest BCUT2D eigenvalue weighted by atomic mass is 9.92. The first-order valence-corrected chi connectivity index (χ1v) is 19.7. The molecule has 0 spiro atoms. The number of aliphatic hydroxyl groups excluding tert-OH is 14. The van der Waals surface area contributed by atoms with Gasteiger partial charge in [0, 0.05) is 13.5 Å². The number of nitrogens with two attached hydrogens (primary N) is 1. The first-order chi connectivity index (χ1) is 27.7. The molecule has 4 saturated heterocycles. The van der Waals surface area contributed by atoms with E-state index < -0.39 is 182 Å². The first kappa shape index (κ1) is 50.3. The van der Waals surface area contributed by atoms with Crippen LogP contribution in [0.1, 0.15) is 6.92 Å². The summed E-state index contributed by atoms with van der Waals surface area (Å²) in [6.45, 7) is -4.05. The highest BCUT2D eigenvalue weighted by molar-refractivity contribution is 7.47. The van der Waals surface area contributed by atoms with Crippen LogP contribution in [0.15, 0.2) is 0 Å². The molecule has 0 saturated carbocycles. The SMILES string of the molecule is CC(=O)N[C@H]1[C@@H](O[C@@H]2[C@@H](O[C@@H]3[C@H](O)[C@@H](O)O[C@H]([C@@H](O)CO)[C@H]3O[C@@H]3O[C@H](CO)[C@@H](O)[C@H](O)[C@H]3O)O[C@H]([C@H](CO)OP(=O)(O)OCCN)[C@@H](O)[C@@H]2O)O[C@H](CO)[C@@H](O)[C@@H]1O. The zero-order chi connectivity index (χ0) is 44.1. The summed E-state index contributed by atoms with van der Waals surface area (Å²) in [7, 11) is -5.11. The van der Waals surface area contributed by atoms with Gasteiger partial charge >= 0.3 is 7.82 Å². The molecule has 346 valence electrons. The molecule has 59 heavy (non-hydrogen) atoms. The molecule has 4 aliphatic rings. The molecule has 0 aromatic rings. The Balaban J connectivity index is 1.80. The average Bonchev–Trinajstić information content (AvgIpc) is 3.20. The zero-order valence-electron chi connectivity index (χ0n) is 31.2. The van der Waals surface area contributed by atoms with E-state index in [1.165, 1.54) is 0 Å². The fraction of sp³-hybridized carbons (Fsp3) is 0.967. The van der Waals surface area contributed by atoms with E-state index in [-0.39, 0.29) is 6.54 Å².